The standard InChI is InChI=1S/C12H19N5/c1-10(2)12(9-17-5-3-4-16-17)13-6-11-7-14-15-8-11/h3-5,7-8,10,12-13H,6,9H2,1-2H3,(H,14,15). The van der Waals surface area contributed by atoms with Gasteiger partial charge in [-0.1, -0.05) is 13.8 Å². The first-order chi connectivity index (χ1) is 8.25. The van der Waals surface area contributed by atoms with Crippen LogP contribution in [0.25, 0.3) is 0 Å². The van der Waals surface area contributed by atoms with Crippen LogP contribution in [-0.2, 0) is 13.1 Å². The van der Waals surface area contributed by atoms with Crippen LogP contribution in [0.15, 0.2) is 30.9 Å². The molecule has 1 atom stereocenters. The Bertz CT molecular complexity index is 404. The van der Waals surface area contributed by atoms with Gasteiger partial charge in [0, 0.05) is 36.7 Å². The van der Waals surface area contributed by atoms with E-state index >= 15 is 0 Å². The smallest absolute Gasteiger partial charge is 0.0565 e. The minimum Gasteiger partial charge on any atom is -0.308 e. The first kappa shape index (κ1) is 11.9. The predicted octanol–water partition coefficient (Wildman–Crippen LogP) is 1.42. The summed E-state index contributed by atoms with van der Waals surface area (Å²) in [5, 5.41) is 14.5. The molecule has 2 rings (SSSR count). The van der Waals surface area contributed by atoms with E-state index in [0.717, 1.165) is 13.1 Å². The summed E-state index contributed by atoms with van der Waals surface area (Å²) >= 11 is 0. The first-order valence-corrected chi connectivity index (χ1v) is 5.94. The second-order valence-corrected chi connectivity index (χ2v) is 4.57. The van der Waals surface area contributed by atoms with Gasteiger partial charge in [-0.3, -0.25) is 9.78 Å². The van der Waals surface area contributed by atoms with E-state index < -0.39 is 0 Å². The maximum Gasteiger partial charge on any atom is 0.0565 e. The van der Waals surface area contributed by atoms with Gasteiger partial charge in [0.05, 0.1) is 12.7 Å². The molecule has 0 amide bonds. The molecular weight excluding hydrogens is 214 g/mol. The lowest BCUT2D eigenvalue weighted by Crippen LogP contribution is -2.37. The molecule has 0 aliphatic heterocycles. The third kappa shape index (κ3) is 3.42. The molecule has 2 aromatic rings. The molecular formula is C12H19N5. The zero-order valence-corrected chi connectivity index (χ0v) is 10.3. The fourth-order valence-electron chi connectivity index (χ4n) is 1.74. The highest BCUT2D eigenvalue weighted by atomic mass is 15.3. The first-order valence-electron chi connectivity index (χ1n) is 5.94. The summed E-state index contributed by atoms with van der Waals surface area (Å²) in [6.07, 6.45) is 7.57. The topological polar surface area (TPSA) is 58.5 Å². The van der Waals surface area contributed by atoms with E-state index in [9.17, 15) is 0 Å². The van der Waals surface area contributed by atoms with Gasteiger partial charge in [-0.25, -0.2) is 0 Å². The van der Waals surface area contributed by atoms with Crippen LogP contribution in [0.5, 0.6) is 0 Å². The van der Waals surface area contributed by atoms with Gasteiger partial charge in [0.25, 0.3) is 0 Å². The maximum absolute atomic E-state index is 4.24. The molecule has 5 nitrogen and oxygen atoms in total. The van der Waals surface area contributed by atoms with E-state index in [1.807, 2.05) is 35.5 Å². The molecule has 0 bridgehead atoms. The van der Waals surface area contributed by atoms with E-state index in [1.165, 1.54) is 5.56 Å². The van der Waals surface area contributed by atoms with Crippen LogP contribution < -0.4 is 5.32 Å². The van der Waals surface area contributed by atoms with Gasteiger partial charge in [0.1, 0.15) is 0 Å². The highest BCUT2D eigenvalue weighted by Crippen LogP contribution is 2.06. The lowest BCUT2D eigenvalue weighted by Gasteiger charge is -2.22. The van der Waals surface area contributed by atoms with Crippen molar-refractivity contribution >= 4 is 0 Å². The zero-order chi connectivity index (χ0) is 12.1. The van der Waals surface area contributed by atoms with Gasteiger partial charge in [0.15, 0.2) is 0 Å². The second-order valence-electron chi connectivity index (χ2n) is 4.57. The monoisotopic (exact) mass is 233 g/mol. The molecule has 0 radical (unpaired) electrons. The van der Waals surface area contributed by atoms with Gasteiger partial charge >= 0.3 is 0 Å². The van der Waals surface area contributed by atoms with Gasteiger partial charge in [-0.2, -0.15) is 10.2 Å². The Kier molecular flexibility index (Phi) is 3.93. The van der Waals surface area contributed by atoms with E-state index in [2.05, 4.69) is 34.5 Å². The highest BCUT2D eigenvalue weighted by molar-refractivity contribution is 5.01. The normalized spacial score (nSPS) is 13.1. The molecule has 0 aromatic carbocycles. The minimum absolute atomic E-state index is 0.407. The molecule has 0 aliphatic rings. The molecule has 1 unspecified atom stereocenters. The average molecular weight is 233 g/mol. The van der Waals surface area contributed by atoms with Crippen LogP contribution in [0.2, 0.25) is 0 Å². The number of rotatable bonds is 6. The maximum atomic E-state index is 4.24. The highest BCUT2D eigenvalue weighted by Gasteiger charge is 2.13. The average Bonchev–Trinajstić information content (AvgIpc) is 2.97. The number of hydrogen-bond donors (Lipinski definition) is 2. The Balaban J connectivity index is 1.89. The summed E-state index contributed by atoms with van der Waals surface area (Å²) in [7, 11) is 0. The van der Waals surface area contributed by atoms with Crippen LogP contribution in [0, 0.1) is 5.92 Å². The quantitative estimate of drug-likeness (QED) is 0.793. The van der Waals surface area contributed by atoms with E-state index in [1.54, 1.807) is 0 Å². The van der Waals surface area contributed by atoms with Gasteiger partial charge in [-0.05, 0) is 12.0 Å². The summed E-state index contributed by atoms with van der Waals surface area (Å²) in [5.74, 6) is 0.561. The number of H-pyrrole nitrogens is 1. The Hall–Kier alpha value is -1.62. The van der Waals surface area contributed by atoms with Crippen molar-refractivity contribution in [3.63, 3.8) is 0 Å². The predicted molar refractivity (Wildman–Crippen MR) is 66.3 cm³/mol. The zero-order valence-electron chi connectivity index (χ0n) is 10.3. The van der Waals surface area contributed by atoms with Crippen molar-refractivity contribution in [2.75, 3.05) is 0 Å². The molecule has 5 heteroatoms. The van der Waals surface area contributed by atoms with E-state index in [0.29, 0.717) is 12.0 Å². The summed E-state index contributed by atoms with van der Waals surface area (Å²) in [4.78, 5) is 0. The van der Waals surface area contributed by atoms with Crippen molar-refractivity contribution in [3.8, 4) is 0 Å². The lowest BCUT2D eigenvalue weighted by molar-refractivity contribution is 0.341. The van der Waals surface area contributed by atoms with Crippen molar-refractivity contribution in [1.82, 2.24) is 25.3 Å². The van der Waals surface area contributed by atoms with Crippen LogP contribution in [0.3, 0.4) is 0 Å². The van der Waals surface area contributed by atoms with E-state index in [-0.39, 0.29) is 0 Å². The largest absolute Gasteiger partial charge is 0.308 e. The number of nitrogens with one attached hydrogen (secondary N) is 2. The van der Waals surface area contributed by atoms with Crippen LogP contribution >= 0.6 is 0 Å². The number of nitrogens with zero attached hydrogens (tertiary/aromatic N) is 3. The fraction of sp³-hybridized carbons (Fsp3) is 0.500. The number of aromatic amines is 1. The number of hydrogen-bond acceptors (Lipinski definition) is 3. The summed E-state index contributed by atoms with van der Waals surface area (Å²) in [6.45, 7) is 6.16. The molecule has 2 N–H and O–H groups in total. The van der Waals surface area contributed by atoms with Crippen molar-refractivity contribution < 1.29 is 0 Å². The van der Waals surface area contributed by atoms with Gasteiger partial charge in [-0.15, -0.1) is 0 Å². The molecule has 92 valence electrons. The third-order valence-corrected chi connectivity index (χ3v) is 2.87. The lowest BCUT2D eigenvalue weighted by atomic mass is 10.0. The molecule has 2 aromatic heterocycles. The fourth-order valence-corrected chi connectivity index (χ4v) is 1.74. The van der Waals surface area contributed by atoms with Crippen LogP contribution in [0.4, 0.5) is 0 Å². The van der Waals surface area contributed by atoms with Crippen LogP contribution in [0.1, 0.15) is 19.4 Å². The summed E-state index contributed by atoms with van der Waals surface area (Å²) in [6, 6.07) is 2.36. The molecule has 0 spiro atoms. The Morgan fingerprint density at radius 3 is 2.94 bits per heavy atom. The molecule has 2 heterocycles. The van der Waals surface area contributed by atoms with E-state index in [4.69, 9.17) is 0 Å². The second kappa shape index (κ2) is 5.63. The van der Waals surface area contributed by atoms with Crippen LogP contribution in [-0.4, -0.2) is 26.0 Å². The SMILES string of the molecule is CC(C)C(Cn1cccn1)NCc1cn[nH]c1. The molecule has 0 saturated carbocycles. The van der Waals surface area contributed by atoms with Crippen molar-refractivity contribution in [2.45, 2.75) is 33.0 Å². The molecule has 0 saturated heterocycles. The Morgan fingerprint density at radius 2 is 2.35 bits per heavy atom. The Labute approximate surface area is 101 Å². The molecule has 0 aliphatic carbocycles. The van der Waals surface area contributed by atoms with Crippen molar-refractivity contribution in [1.29, 1.82) is 0 Å². The summed E-state index contributed by atoms with van der Waals surface area (Å²) < 4.78 is 1.97. The van der Waals surface area contributed by atoms with Crippen molar-refractivity contribution in [2.24, 2.45) is 5.92 Å². The number of aromatic nitrogens is 4. The third-order valence-electron chi connectivity index (χ3n) is 2.87. The molecule has 0 fully saturated rings. The summed E-state index contributed by atoms with van der Waals surface area (Å²) in [5.41, 5.74) is 1.18. The molecule has 17 heavy (non-hydrogen) atoms. The van der Waals surface area contributed by atoms with Gasteiger partial charge in [0.2, 0.25) is 0 Å². The minimum atomic E-state index is 0.407. The van der Waals surface area contributed by atoms with Gasteiger partial charge < -0.3 is 5.32 Å². The Morgan fingerprint density at radius 1 is 1.47 bits per heavy atom. The van der Waals surface area contributed by atoms with Crippen molar-refractivity contribution in [3.05, 3.63) is 36.4 Å².